The van der Waals surface area contributed by atoms with E-state index in [2.05, 4.69) is 29.3 Å². The Morgan fingerprint density at radius 3 is 2.48 bits per heavy atom. The Labute approximate surface area is 125 Å². The number of hydrogen-bond donors (Lipinski definition) is 1. The monoisotopic (exact) mass is 293 g/mol. The summed E-state index contributed by atoms with van der Waals surface area (Å²) >= 11 is 0. The number of likely N-dealkylation sites (N-methyl/N-ethyl adjacent to an activating group) is 2. The molecule has 1 aliphatic carbocycles. The van der Waals surface area contributed by atoms with E-state index in [1.54, 1.807) is 7.05 Å². The minimum atomic E-state index is -0.384. The van der Waals surface area contributed by atoms with Crippen LogP contribution in [-0.2, 0) is 0 Å². The van der Waals surface area contributed by atoms with Gasteiger partial charge < -0.3 is 15.1 Å². The molecule has 0 saturated heterocycles. The lowest BCUT2D eigenvalue weighted by Gasteiger charge is -2.49. The predicted octanol–water partition coefficient (Wildman–Crippen LogP) is 1.95. The number of nitrogens with one attached hydrogen (secondary N) is 1. The zero-order valence-corrected chi connectivity index (χ0v) is 13.1. The Bertz CT molecular complexity index is 528. The zero-order valence-electron chi connectivity index (χ0n) is 13.1. The first-order valence-corrected chi connectivity index (χ1v) is 7.11. The van der Waals surface area contributed by atoms with Crippen LogP contribution in [-0.4, -0.2) is 55.1 Å². The van der Waals surface area contributed by atoms with E-state index >= 15 is 0 Å². The lowest BCUT2D eigenvalue weighted by atomic mass is 9.75. The summed E-state index contributed by atoms with van der Waals surface area (Å²) in [6.07, 6.45) is 3.53. The molecular weight excluding hydrogens is 270 g/mol. The Morgan fingerprint density at radius 2 is 2.05 bits per heavy atom. The number of nitrogens with zero attached hydrogens (tertiary/aromatic N) is 4. The van der Waals surface area contributed by atoms with Gasteiger partial charge in [-0.3, -0.25) is 10.1 Å². The van der Waals surface area contributed by atoms with Crippen LogP contribution in [0.25, 0.3) is 0 Å². The molecule has 1 fully saturated rings. The van der Waals surface area contributed by atoms with Crippen LogP contribution in [0.3, 0.4) is 0 Å². The normalized spacial score (nSPS) is 16.4. The summed E-state index contributed by atoms with van der Waals surface area (Å²) in [4.78, 5) is 19.3. The van der Waals surface area contributed by atoms with E-state index in [4.69, 9.17) is 0 Å². The van der Waals surface area contributed by atoms with Gasteiger partial charge in [0, 0.05) is 26.2 Å². The topological polar surface area (TPSA) is 74.5 Å². The molecule has 7 nitrogen and oxygen atoms in total. The van der Waals surface area contributed by atoms with E-state index in [-0.39, 0.29) is 16.1 Å². The average Bonchev–Trinajstić information content (AvgIpc) is 2.41. The van der Waals surface area contributed by atoms with Crippen LogP contribution in [0.1, 0.15) is 19.3 Å². The molecule has 0 aromatic carbocycles. The quantitative estimate of drug-likeness (QED) is 0.638. The van der Waals surface area contributed by atoms with Crippen LogP contribution in [0.2, 0.25) is 0 Å². The fourth-order valence-electron chi connectivity index (χ4n) is 2.79. The summed E-state index contributed by atoms with van der Waals surface area (Å²) < 4.78 is 0. The van der Waals surface area contributed by atoms with Crippen molar-refractivity contribution in [3.8, 4) is 0 Å². The van der Waals surface area contributed by atoms with Crippen LogP contribution < -0.4 is 10.2 Å². The molecule has 1 saturated carbocycles. The fraction of sp³-hybridized carbons (Fsp3) is 0.643. The molecule has 1 aliphatic rings. The van der Waals surface area contributed by atoms with Crippen molar-refractivity contribution in [2.75, 3.05) is 45.0 Å². The minimum Gasteiger partial charge on any atom is -0.373 e. The molecule has 1 aromatic rings. The van der Waals surface area contributed by atoms with Crippen molar-refractivity contribution in [2.24, 2.45) is 0 Å². The number of anilines is 2. The number of hydrogen-bond acceptors (Lipinski definition) is 6. The van der Waals surface area contributed by atoms with Crippen LogP contribution in [0, 0.1) is 10.1 Å². The zero-order chi connectivity index (χ0) is 15.6. The third-order valence-electron chi connectivity index (χ3n) is 4.42. The second-order valence-corrected chi connectivity index (χ2v) is 5.90. The Kier molecular flexibility index (Phi) is 4.32. The molecular formula is C14H23N5O2. The van der Waals surface area contributed by atoms with Gasteiger partial charge in [-0.05, 0) is 33.4 Å². The molecule has 21 heavy (non-hydrogen) atoms. The van der Waals surface area contributed by atoms with Crippen LogP contribution >= 0.6 is 0 Å². The molecule has 1 heterocycles. The minimum absolute atomic E-state index is 0.0590. The molecule has 1 aromatic heterocycles. The number of rotatable bonds is 6. The second-order valence-electron chi connectivity index (χ2n) is 5.90. The van der Waals surface area contributed by atoms with Crippen molar-refractivity contribution in [3.63, 3.8) is 0 Å². The molecule has 1 N–H and O–H groups in total. The van der Waals surface area contributed by atoms with E-state index < -0.39 is 0 Å². The summed E-state index contributed by atoms with van der Waals surface area (Å²) in [5, 5.41) is 13.9. The van der Waals surface area contributed by atoms with Crippen LogP contribution in [0.5, 0.6) is 0 Å². The van der Waals surface area contributed by atoms with E-state index in [0.717, 1.165) is 19.4 Å². The first-order chi connectivity index (χ1) is 9.88. The maximum Gasteiger partial charge on any atom is 0.276 e. The molecule has 7 heteroatoms. The van der Waals surface area contributed by atoms with Crippen molar-refractivity contribution in [2.45, 2.75) is 24.8 Å². The third kappa shape index (κ3) is 3.07. The predicted molar refractivity (Wildman–Crippen MR) is 84.0 cm³/mol. The largest absolute Gasteiger partial charge is 0.373 e. The van der Waals surface area contributed by atoms with Gasteiger partial charge in [-0.15, -0.1) is 0 Å². The van der Waals surface area contributed by atoms with Gasteiger partial charge in [0.05, 0.1) is 17.1 Å². The third-order valence-corrected chi connectivity index (χ3v) is 4.42. The van der Waals surface area contributed by atoms with Crippen molar-refractivity contribution in [1.29, 1.82) is 0 Å². The van der Waals surface area contributed by atoms with E-state index in [0.29, 0.717) is 11.6 Å². The molecule has 0 bridgehead atoms. The molecule has 0 amide bonds. The van der Waals surface area contributed by atoms with Crippen LogP contribution in [0.15, 0.2) is 12.1 Å². The van der Waals surface area contributed by atoms with Gasteiger partial charge in [-0.1, -0.05) is 0 Å². The van der Waals surface area contributed by atoms with E-state index in [9.17, 15) is 10.1 Å². The molecule has 0 unspecified atom stereocenters. The molecule has 0 aliphatic heterocycles. The van der Waals surface area contributed by atoms with E-state index in [1.165, 1.54) is 18.6 Å². The van der Waals surface area contributed by atoms with Crippen molar-refractivity contribution < 1.29 is 4.92 Å². The number of aromatic nitrogens is 1. The van der Waals surface area contributed by atoms with Gasteiger partial charge in [0.2, 0.25) is 0 Å². The first kappa shape index (κ1) is 15.5. The lowest BCUT2D eigenvalue weighted by Crippen LogP contribution is -2.56. The van der Waals surface area contributed by atoms with Gasteiger partial charge in [-0.2, -0.15) is 0 Å². The summed E-state index contributed by atoms with van der Waals surface area (Å²) in [6, 6.07) is 2.98. The standard InChI is InChI=1S/C14H23N5O2/c1-15-12-8-11(19(20)21)9-13(16-12)18(4)10-14(17(2)3)6-5-7-14/h8-9H,5-7,10H2,1-4H3,(H,15,16). The van der Waals surface area contributed by atoms with Gasteiger partial charge in [0.25, 0.3) is 5.69 Å². The highest BCUT2D eigenvalue weighted by Crippen LogP contribution is 2.37. The van der Waals surface area contributed by atoms with Crippen molar-refractivity contribution in [1.82, 2.24) is 9.88 Å². The smallest absolute Gasteiger partial charge is 0.276 e. The van der Waals surface area contributed by atoms with Gasteiger partial charge in [-0.25, -0.2) is 4.98 Å². The number of nitro groups is 1. The molecule has 2 rings (SSSR count). The van der Waals surface area contributed by atoms with Gasteiger partial charge >= 0.3 is 0 Å². The maximum atomic E-state index is 11.0. The fourth-order valence-corrected chi connectivity index (χ4v) is 2.79. The lowest BCUT2D eigenvalue weighted by molar-refractivity contribution is -0.384. The van der Waals surface area contributed by atoms with Gasteiger partial charge in [0.1, 0.15) is 11.6 Å². The summed E-state index contributed by atoms with van der Waals surface area (Å²) in [5.41, 5.74) is 0.213. The molecule has 0 atom stereocenters. The maximum absolute atomic E-state index is 11.0. The van der Waals surface area contributed by atoms with Crippen molar-refractivity contribution in [3.05, 3.63) is 22.2 Å². The van der Waals surface area contributed by atoms with Gasteiger partial charge in [0.15, 0.2) is 0 Å². The average molecular weight is 293 g/mol. The summed E-state index contributed by atoms with van der Waals surface area (Å²) in [5.74, 6) is 1.14. The highest BCUT2D eigenvalue weighted by atomic mass is 16.6. The SMILES string of the molecule is CNc1cc([N+](=O)[O-])cc(N(C)CC2(N(C)C)CCC2)n1. The molecule has 0 radical (unpaired) electrons. The van der Waals surface area contributed by atoms with Crippen molar-refractivity contribution >= 4 is 17.3 Å². The second kappa shape index (κ2) is 5.85. The van der Waals surface area contributed by atoms with Crippen LogP contribution in [0.4, 0.5) is 17.3 Å². The van der Waals surface area contributed by atoms with E-state index in [1.807, 2.05) is 11.9 Å². The Morgan fingerprint density at radius 1 is 1.38 bits per heavy atom. The Balaban J connectivity index is 2.24. The Hall–Kier alpha value is -1.89. The highest BCUT2D eigenvalue weighted by Gasteiger charge is 2.40. The number of pyridine rings is 1. The summed E-state index contributed by atoms with van der Waals surface area (Å²) in [7, 11) is 7.83. The molecule has 116 valence electrons. The highest BCUT2D eigenvalue weighted by molar-refractivity contribution is 5.55. The molecule has 0 spiro atoms. The summed E-state index contributed by atoms with van der Waals surface area (Å²) in [6.45, 7) is 0.817. The first-order valence-electron chi connectivity index (χ1n) is 7.11.